The molecule has 4 nitrogen and oxygen atoms in total. The van der Waals surface area contributed by atoms with E-state index in [9.17, 15) is 115 Å². The Morgan fingerprint density at radius 2 is 0.671 bits per heavy atom. The third-order valence-electron chi connectivity index (χ3n) is 11.1. The van der Waals surface area contributed by atoms with Crippen LogP contribution in [0.1, 0.15) is 65.4 Å². The quantitative estimate of drug-likeness (QED) is 0.0477. The van der Waals surface area contributed by atoms with E-state index in [4.69, 9.17) is 0 Å². The fraction of sp³-hybridized carbons (Fsp3) is 0.217. The number of benzene rings is 5. The van der Waals surface area contributed by atoms with Crippen LogP contribution in [0.5, 0.6) is 0 Å². The van der Waals surface area contributed by atoms with Gasteiger partial charge >= 0.3 is 49.4 Å². The smallest absolute Gasteiger partial charge is 0.287 e. The molecule has 0 unspecified atom stereocenters. The van der Waals surface area contributed by atoms with Gasteiger partial charge in [-0.1, -0.05) is 94.8 Å². The second-order valence-corrected chi connectivity index (χ2v) is 16.7. The number of alkyl halides is 25. The van der Waals surface area contributed by atoms with Gasteiger partial charge in [-0.2, -0.15) is 132 Å². The summed E-state index contributed by atoms with van der Waals surface area (Å²) in [6, 6.07) is 0.196. The van der Waals surface area contributed by atoms with Crippen molar-refractivity contribution < 1.29 is 120 Å². The summed E-state index contributed by atoms with van der Waals surface area (Å²) in [6.45, 7) is 0.126. The molecule has 0 fully saturated rings. The zero-order valence-corrected chi connectivity index (χ0v) is 38.3. The lowest BCUT2D eigenvalue weighted by atomic mass is 9.12. The molecule has 5 aromatic carbocycles. The first-order valence-electron chi connectivity index (χ1n) is 20.3. The minimum absolute atomic E-state index is 0.0413. The van der Waals surface area contributed by atoms with Crippen LogP contribution in [0.3, 0.4) is 0 Å². The molecule has 6 rings (SSSR count). The fourth-order valence-electron chi connectivity index (χ4n) is 7.77. The summed E-state index contributed by atoms with van der Waals surface area (Å²) in [7, 11) is 0. The predicted molar refractivity (Wildman–Crippen MR) is 223 cm³/mol. The number of ketones is 2. The molecule has 6 aromatic rings. The van der Waals surface area contributed by atoms with Gasteiger partial charge in [0.05, 0.1) is 56.0 Å². The molecule has 408 valence electrons. The highest BCUT2D eigenvalue weighted by molar-refractivity contribution is 9.09. The topological polar surface area (TPSA) is 50.9 Å². The Morgan fingerprint density at radius 1 is 0.408 bits per heavy atom. The molecule has 1 heterocycles. The summed E-state index contributed by atoms with van der Waals surface area (Å²) in [5, 5.41) is 0.207. The predicted octanol–water partition coefficient (Wildman–Crippen LogP) is 13.0. The third kappa shape index (κ3) is 13.9. The zero-order chi connectivity index (χ0) is 57.6. The molecule has 0 N–H and O–H groups in total. The summed E-state index contributed by atoms with van der Waals surface area (Å²) in [6.07, 6.45) is -50.1. The molecule has 0 bridgehead atoms. The van der Waals surface area contributed by atoms with E-state index in [1.807, 2.05) is 18.2 Å². The maximum atomic E-state index is 14.2. The first-order valence-corrected chi connectivity index (χ1v) is 21.5. The van der Waals surface area contributed by atoms with Crippen LogP contribution in [-0.4, -0.2) is 28.0 Å². The number of hydrogen-bond donors (Lipinski definition) is 0. The maximum Gasteiger partial charge on any atom is 0.416 e. The van der Waals surface area contributed by atoms with Crippen molar-refractivity contribution in [1.29, 1.82) is 0 Å². The fourth-order valence-corrected chi connectivity index (χ4v) is 8.05. The minimum Gasteiger partial charge on any atom is -0.287 e. The number of halogens is 25. The maximum absolute atomic E-state index is 14.2. The molecular weight excluding hydrogens is 1160 g/mol. The number of aromatic nitrogens is 2. The zero-order valence-electron chi connectivity index (χ0n) is 36.7. The van der Waals surface area contributed by atoms with Gasteiger partial charge in [0.2, 0.25) is 18.1 Å². The Kier molecular flexibility index (Phi) is 16.7. The van der Waals surface area contributed by atoms with E-state index in [2.05, 4.69) is 20.9 Å². The molecule has 1 aromatic heterocycles. The first kappa shape index (κ1) is 60.3. The van der Waals surface area contributed by atoms with Gasteiger partial charge in [-0.15, -0.1) is 0 Å². The summed E-state index contributed by atoms with van der Waals surface area (Å²) >= 11 is 3.12. The molecule has 0 aliphatic carbocycles. The van der Waals surface area contributed by atoms with E-state index < -0.39 is 195 Å². The van der Waals surface area contributed by atoms with Crippen LogP contribution in [0.25, 0.3) is 0 Å². The Bertz CT molecular complexity index is 2660. The lowest BCUT2D eigenvalue weighted by Crippen LogP contribution is -2.75. The van der Waals surface area contributed by atoms with Crippen LogP contribution in [0.2, 0.25) is 0 Å². The van der Waals surface area contributed by atoms with Crippen molar-refractivity contribution in [2.45, 2.75) is 56.0 Å². The van der Waals surface area contributed by atoms with Crippen molar-refractivity contribution in [3.05, 3.63) is 177 Å². The van der Waals surface area contributed by atoms with Crippen molar-refractivity contribution in [2.24, 2.45) is 0 Å². The average molecular weight is 1180 g/mol. The lowest BCUT2D eigenvalue weighted by molar-refractivity contribution is -0.685. The SMILES string of the molecule is FC(F)(F)c1cc([B-](c2cc(C(F)(F)F)cc(C(F)(F)F)c2)(c2cc(C(F)(F)F)cc(C(F)(F)F)c2)c2cc(C(F)(F)F)cc(C(F)(F)F)c2)cc(C(F)(F)F)c1.O=C(C[n+]1ccncc1C(=O)CBr)c1ccccc1. The van der Waals surface area contributed by atoms with Crippen molar-refractivity contribution in [3.63, 3.8) is 0 Å². The molecule has 0 atom stereocenters. The Morgan fingerprint density at radius 3 is 0.908 bits per heavy atom. The van der Waals surface area contributed by atoms with Crippen molar-refractivity contribution in [2.75, 3.05) is 5.33 Å². The average Bonchev–Trinajstić information content (AvgIpc) is 3.29. The molecule has 30 heteroatoms. The molecule has 0 saturated heterocycles. The minimum atomic E-state index is -6.13. The standard InChI is InChI=1S/C32H12BF24.C14H12BrN2O2/c34-25(35,36)13-1-14(26(37,38)39)6-21(5-13)33(22-7-15(27(40,41)42)2-16(8-22)28(43,44)45,23-9-17(29(46,47)48)3-18(10-23)30(49,50)51)24-11-19(31(52,53)54)4-20(12-24)32(55,56)57;15-8-13(18)12-9-16-6-7-17(12)10-14(19)11-4-2-1-3-5-11/h1-12H;1-7,9H,8,10H2/q-1;+1. The molecule has 0 aliphatic heterocycles. The van der Waals surface area contributed by atoms with Crippen molar-refractivity contribution >= 4 is 55.5 Å². The number of hydrogen-bond acceptors (Lipinski definition) is 3. The number of rotatable bonds is 9. The van der Waals surface area contributed by atoms with E-state index in [0.717, 1.165) is 0 Å². The molecule has 0 spiro atoms. The van der Waals surface area contributed by atoms with Crippen LogP contribution in [0.4, 0.5) is 105 Å². The lowest BCUT2D eigenvalue weighted by Gasteiger charge is -2.46. The summed E-state index contributed by atoms with van der Waals surface area (Å²) in [4.78, 5) is 27.8. The van der Waals surface area contributed by atoms with Gasteiger partial charge in [-0.25, -0.2) is 0 Å². The Hall–Kier alpha value is -6.62. The van der Waals surface area contributed by atoms with Gasteiger partial charge in [0, 0.05) is 5.56 Å². The Balaban J connectivity index is 0.000000468. The number of nitrogens with zero attached hydrogens (tertiary/aromatic N) is 2. The van der Waals surface area contributed by atoms with E-state index >= 15 is 0 Å². The highest BCUT2D eigenvalue weighted by atomic mass is 79.9. The van der Waals surface area contributed by atoms with Crippen LogP contribution < -0.4 is 26.4 Å². The first-order chi connectivity index (χ1) is 34.5. The van der Waals surface area contributed by atoms with E-state index in [1.54, 1.807) is 29.1 Å². The molecule has 0 saturated carbocycles. The van der Waals surface area contributed by atoms with Crippen molar-refractivity contribution in [3.8, 4) is 0 Å². The Labute approximate surface area is 418 Å². The number of carbonyl (C=O) groups is 2. The van der Waals surface area contributed by atoms with E-state index in [-0.39, 0.29) is 23.4 Å². The molecule has 0 radical (unpaired) electrons. The monoisotopic (exact) mass is 1180 g/mol. The largest absolute Gasteiger partial charge is 0.416 e. The summed E-state index contributed by atoms with van der Waals surface area (Å²) in [5.41, 5.74) is -29.2. The normalized spacial score (nSPS) is 13.3. The van der Waals surface area contributed by atoms with Gasteiger partial charge in [0.15, 0.2) is 6.20 Å². The van der Waals surface area contributed by atoms with Gasteiger partial charge in [0.25, 0.3) is 5.69 Å². The van der Waals surface area contributed by atoms with Crippen LogP contribution in [0, 0.1) is 0 Å². The van der Waals surface area contributed by atoms with E-state index in [0.29, 0.717) is 11.3 Å². The molecule has 0 aliphatic rings. The highest BCUT2D eigenvalue weighted by Crippen LogP contribution is 2.41. The van der Waals surface area contributed by atoms with Gasteiger partial charge < -0.3 is 0 Å². The number of Topliss-reactive ketones (excluding diaryl/α,β-unsaturated/α-hetero) is 2. The van der Waals surface area contributed by atoms with Gasteiger partial charge in [0.1, 0.15) is 12.3 Å². The summed E-state index contributed by atoms with van der Waals surface area (Å²) < 4.78 is 342. The second-order valence-electron chi connectivity index (χ2n) is 16.2. The van der Waals surface area contributed by atoms with Crippen LogP contribution >= 0.6 is 15.9 Å². The molecule has 76 heavy (non-hydrogen) atoms. The van der Waals surface area contributed by atoms with Crippen LogP contribution in [0.15, 0.2) is 122 Å². The van der Waals surface area contributed by atoms with Crippen LogP contribution in [-0.2, 0) is 56.0 Å². The van der Waals surface area contributed by atoms with Gasteiger partial charge in [-0.3, -0.25) is 14.6 Å². The molecule has 0 amide bonds. The highest BCUT2D eigenvalue weighted by Gasteiger charge is 2.47. The second kappa shape index (κ2) is 21.1. The third-order valence-corrected chi connectivity index (χ3v) is 11.6. The summed E-state index contributed by atoms with van der Waals surface area (Å²) in [5.74, 6) is -0.144. The van der Waals surface area contributed by atoms with E-state index in [1.165, 1.54) is 6.20 Å². The van der Waals surface area contributed by atoms with Crippen molar-refractivity contribution in [1.82, 2.24) is 4.98 Å². The number of carbonyl (C=O) groups excluding carboxylic acids is 2. The van der Waals surface area contributed by atoms with Gasteiger partial charge in [-0.05, 0) is 24.3 Å². The molecular formula is C46H24BBrF24N2O2.